The molecule has 0 heterocycles. The normalized spacial score (nSPS) is 12.5. The van der Waals surface area contributed by atoms with Crippen LogP contribution in [0.1, 0.15) is 150 Å². The van der Waals surface area contributed by atoms with Crippen molar-refractivity contribution < 1.29 is 15.3 Å². The minimum Gasteiger partial charge on any atom is -0.507 e. The van der Waals surface area contributed by atoms with Gasteiger partial charge in [0.05, 0.1) is 0 Å². The topological polar surface area (TPSA) is 60.7 Å². The Morgan fingerprint density at radius 2 is 0.458 bits per heavy atom. The summed E-state index contributed by atoms with van der Waals surface area (Å²) in [5.41, 5.74) is 12.1. The van der Waals surface area contributed by atoms with Crippen molar-refractivity contribution in [2.75, 3.05) is 0 Å². The molecule has 3 N–H and O–H groups in total. The van der Waals surface area contributed by atoms with Crippen molar-refractivity contribution in [2.24, 2.45) is 0 Å². The Balaban J connectivity index is 2.06. The molecule has 4 aromatic carbocycles. The summed E-state index contributed by atoms with van der Waals surface area (Å²) < 4.78 is 0. The van der Waals surface area contributed by atoms with Gasteiger partial charge in [0, 0.05) is 16.2 Å². The fourth-order valence-electron chi connectivity index (χ4n) is 7.19. The summed E-state index contributed by atoms with van der Waals surface area (Å²) in [7, 11) is 0. The van der Waals surface area contributed by atoms with Crippen LogP contribution in [-0.2, 0) is 54.8 Å². The molecule has 4 aromatic rings. The summed E-state index contributed by atoms with van der Waals surface area (Å²) in [4.78, 5) is 0. The zero-order chi connectivity index (χ0) is 35.8. The molecule has 0 aliphatic rings. The first-order valence-electron chi connectivity index (χ1n) is 18.2. The van der Waals surface area contributed by atoms with Gasteiger partial charge in [-0.2, -0.15) is 0 Å². The molecule has 4 rings (SSSR count). The van der Waals surface area contributed by atoms with Gasteiger partial charge >= 0.3 is 0 Å². The lowest BCUT2D eigenvalue weighted by molar-refractivity contribution is 0.460. The third-order valence-corrected chi connectivity index (χ3v) is 11.4. The van der Waals surface area contributed by atoms with Crippen LogP contribution in [0.4, 0.5) is 0 Å². The molecule has 0 fully saturated rings. The first-order valence-corrected chi connectivity index (χ1v) is 18.2. The van der Waals surface area contributed by atoms with E-state index in [0.29, 0.717) is 17.2 Å². The number of phenols is 3. The van der Waals surface area contributed by atoms with E-state index in [2.05, 4.69) is 138 Å². The van der Waals surface area contributed by atoms with Crippen molar-refractivity contribution in [3.8, 4) is 17.2 Å². The smallest absolute Gasteiger partial charge is 0.121 e. The number of hydrogen-bond acceptors (Lipinski definition) is 3. The van der Waals surface area contributed by atoms with Gasteiger partial charge in [0.15, 0.2) is 0 Å². The summed E-state index contributed by atoms with van der Waals surface area (Å²) in [6, 6.07) is 20.3. The Bertz CT molecular complexity index is 1490. The van der Waals surface area contributed by atoms with Gasteiger partial charge in [-0.25, -0.2) is 0 Å². The van der Waals surface area contributed by atoms with Crippen LogP contribution in [0.5, 0.6) is 17.2 Å². The van der Waals surface area contributed by atoms with Gasteiger partial charge in [0.2, 0.25) is 0 Å². The number of hydrogen-bond donors (Lipinski definition) is 3. The maximum Gasteiger partial charge on any atom is 0.121 e. The third-order valence-electron chi connectivity index (χ3n) is 11.4. The predicted octanol–water partition coefficient (Wildman–Crippen LogP) is 11.2. The van der Waals surface area contributed by atoms with Crippen LogP contribution in [0.15, 0.2) is 54.6 Å². The Morgan fingerprint density at radius 3 is 0.604 bits per heavy atom. The summed E-state index contributed by atoms with van der Waals surface area (Å²) in [5.74, 6) is 1.27. The highest BCUT2D eigenvalue weighted by Gasteiger charge is 2.34. The maximum absolute atomic E-state index is 11.0. The monoisotopic (exact) mass is 648 g/mol. The molecule has 0 radical (unpaired) electrons. The van der Waals surface area contributed by atoms with Crippen molar-refractivity contribution in [3.05, 3.63) is 121 Å². The summed E-state index contributed by atoms with van der Waals surface area (Å²) >= 11 is 0. The zero-order valence-corrected chi connectivity index (χ0v) is 31.8. The van der Waals surface area contributed by atoms with E-state index < -0.39 is 0 Å². The van der Waals surface area contributed by atoms with Crippen molar-refractivity contribution in [1.82, 2.24) is 0 Å². The van der Waals surface area contributed by atoms with E-state index in [0.717, 1.165) is 71.9 Å². The molecule has 0 unspecified atom stereocenters. The number of aryl methyl sites for hydroxylation is 6. The van der Waals surface area contributed by atoms with Crippen LogP contribution in [0.2, 0.25) is 0 Å². The van der Waals surface area contributed by atoms with Gasteiger partial charge in [-0.15, -0.1) is 0 Å². The zero-order valence-electron chi connectivity index (χ0n) is 31.8. The standard InChI is InChI=1S/C45H60O3/c1-13-28-19-34(20-29(14-2)40(28)46)43(7,8)37-25-38(44(9,10)35-21-30(15-3)41(47)31(16-4)22-35)27-39(26-37)45(11,12)36-23-32(17-5)42(48)33(18-6)24-36/h19-27,46-48H,13-18H2,1-12H3. The summed E-state index contributed by atoms with van der Waals surface area (Å²) in [6.07, 6.45) is 4.64. The minimum atomic E-state index is -0.352. The molecular weight excluding hydrogens is 588 g/mol. The Kier molecular flexibility index (Phi) is 10.8. The third kappa shape index (κ3) is 6.63. The van der Waals surface area contributed by atoms with Crippen LogP contribution >= 0.6 is 0 Å². The van der Waals surface area contributed by atoms with Crippen molar-refractivity contribution in [2.45, 2.75) is 138 Å². The number of aromatic hydroxyl groups is 3. The Labute approximate surface area is 291 Å². The predicted molar refractivity (Wildman–Crippen MR) is 203 cm³/mol. The molecular formula is C45H60O3. The highest BCUT2D eigenvalue weighted by Crippen LogP contribution is 2.45. The quantitative estimate of drug-likeness (QED) is 0.143. The van der Waals surface area contributed by atoms with E-state index >= 15 is 0 Å². The molecule has 3 heteroatoms. The lowest BCUT2D eigenvalue weighted by Gasteiger charge is -2.36. The number of benzene rings is 4. The second kappa shape index (κ2) is 14.0. The minimum absolute atomic E-state index is 0.352. The van der Waals surface area contributed by atoms with E-state index in [-0.39, 0.29) is 16.2 Å². The van der Waals surface area contributed by atoms with E-state index in [9.17, 15) is 15.3 Å². The SMILES string of the molecule is CCc1cc(C(C)(C)c2cc(C(C)(C)c3cc(CC)c(O)c(CC)c3)cc(C(C)(C)c3cc(CC)c(O)c(CC)c3)c2)cc(CC)c1O. The van der Waals surface area contributed by atoms with Gasteiger partial charge < -0.3 is 15.3 Å². The van der Waals surface area contributed by atoms with E-state index in [1.807, 2.05) is 0 Å². The van der Waals surface area contributed by atoms with Gasteiger partial charge in [0.1, 0.15) is 17.2 Å². The molecule has 0 saturated carbocycles. The molecule has 0 atom stereocenters. The molecule has 258 valence electrons. The van der Waals surface area contributed by atoms with E-state index in [4.69, 9.17) is 0 Å². The maximum atomic E-state index is 11.0. The Hall–Kier alpha value is -3.72. The average Bonchev–Trinajstić information content (AvgIpc) is 3.07. The van der Waals surface area contributed by atoms with Crippen molar-refractivity contribution in [1.29, 1.82) is 0 Å². The van der Waals surface area contributed by atoms with Gasteiger partial charge in [-0.3, -0.25) is 0 Å². The molecule has 3 nitrogen and oxygen atoms in total. The van der Waals surface area contributed by atoms with Gasteiger partial charge in [-0.05, 0) is 105 Å². The number of phenolic OH excluding ortho intramolecular Hbond substituents is 3. The molecule has 0 spiro atoms. The van der Waals surface area contributed by atoms with E-state index in [1.165, 1.54) is 33.4 Å². The number of rotatable bonds is 12. The fraction of sp³-hybridized carbons (Fsp3) is 0.467. The van der Waals surface area contributed by atoms with E-state index in [1.54, 1.807) is 0 Å². The molecule has 48 heavy (non-hydrogen) atoms. The highest BCUT2D eigenvalue weighted by molar-refractivity contribution is 5.56. The van der Waals surface area contributed by atoms with Crippen molar-refractivity contribution in [3.63, 3.8) is 0 Å². The fourth-order valence-corrected chi connectivity index (χ4v) is 7.19. The van der Waals surface area contributed by atoms with Gasteiger partial charge in [0.25, 0.3) is 0 Å². The molecule has 0 aliphatic heterocycles. The second-order valence-corrected chi connectivity index (χ2v) is 15.2. The van der Waals surface area contributed by atoms with Crippen molar-refractivity contribution >= 4 is 0 Å². The molecule has 0 aliphatic carbocycles. The summed E-state index contributed by atoms with van der Waals surface area (Å²) in [6.45, 7) is 26.5. The molecule has 0 aromatic heterocycles. The van der Waals surface area contributed by atoms with Crippen LogP contribution in [0, 0.1) is 0 Å². The largest absolute Gasteiger partial charge is 0.507 e. The second-order valence-electron chi connectivity index (χ2n) is 15.2. The summed E-state index contributed by atoms with van der Waals surface area (Å²) in [5, 5.41) is 32.9. The first kappa shape index (κ1) is 37.1. The van der Waals surface area contributed by atoms with Gasteiger partial charge in [-0.1, -0.05) is 138 Å². The highest BCUT2D eigenvalue weighted by atomic mass is 16.3. The Morgan fingerprint density at radius 1 is 0.312 bits per heavy atom. The lowest BCUT2D eigenvalue weighted by Crippen LogP contribution is -2.27. The molecule has 0 saturated heterocycles. The van der Waals surface area contributed by atoms with Crippen LogP contribution < -0.4 is 0 Å². The molecule has 0 bridgehead atoms. The first-order chi connectivity index (χ1) is 22.5. The van der Waals surface area contributed by atoms with Crippen LogP contribution in [0.3, 0.4) is 0 Å². The lowest BCUT2D eigenvalue weighted by atomic mass is 9.68. The van der Waals surface area contributed by atoms with Crippen LogP contribution in [0.25, 0.3) is 0 Å². The molecule has 0 amide bonds. The van der Waals surface area contributed by atoms with Crippen LogP contribution in [-0.4, -0.2) is 15.3 Å². The average molecular weight is 649 g/mol.